The van der Waals surface area contributed by atoms with Crippen LogP contribution in [-0.2, 0) is 6.42 Å². The molecule has 1 N–H and O–H groups in total. The first-order chi connectivity index (χ1) is 16.1. The van der Waals surface area contributed by atoms with Crippen molar-refractivity contribution in [3.63, 3.8) is 0 Å². The number of hydrogen-bond donors (Lipinski definition) is 1. The molecule has 4 rings (SSSR count). The van der Waals surface area contributed by atoms with Crippen LogP contribution in [0, 0.1) is 0 Å². The number of nitrogens with zero attached hydrogens (tertiary/aromatic N) is 4. The lowest BCUT2D eigenvalue weighted by Gasteiger charge is -2.36. The zero-order valence-corrected chi connectivity index (χ0v) is 19.4. The molecule has 1 saturated heterocycles. The van der Waals surface area contributed by atoms with Crippen molar-refractivity contribution in [2.45, 2.75) is 12.8 Å². The number of ether oxygens (including phenoxy) is 1. The molecule has 0 spiro atoms. The van der Waals surface area contributed by atoms with E-state index in [1.54, 1.807) is 13.2 Å². The fourth-order valence-corrected chi connectivity index (χ4v) is 4.05. The van der Waals surface area contributed by atoms with Gasteiger partial charge >= 0.3 is 11.8 Å². The Morgan fingerprint density at radius 2 is 1.91 bits per heavy atom. The average molecular weight is 470 g/mol. The van der Waals surface area contributed by atoms with Gasteiger partial charge in [0.2, 0.25) is 5.89 Å². The van der Waals surface area contributed by atoms with E-state index in [0.29, 0.717) is 23.9 Å². The molecule has 0 bridgehead atoms. The molecule has 1 amide bonds. The maximum absolute atomic E-state index is 12.3. The number of benzene rings is 2. The molecule has 1 aliphatic rings. The highest BCUT2D eigenvalue weighted by molar-refractivity contribution is 6.30. The standard InChI is InChI=1S/C24H28ClN5O3/c1-32-21-8-6-20(7-9-21)30-14-12-29(13-15-30)11-3-10-26-23(31)24-28-27-22(33-24)17-18-4-2-5-19(25)16-18/h2,4-9,16H,3,10-15,17H2,1H3,(H,26,31). The summed E-state index contributed by atoms with van der Waals surface area (Å²) >= 11 is 6.00. The number of aromatic nitrogens is 2. The van der Waals surface area contributed by atoms with Gasteiger partial charge in [-0.25, -0.2) is 0 Å². The fourth-order valence-electron chi connectivity index (χ4n) is 3.84. The first-order valence-electron chi connectivity index (χ1n) is 11.1. The summed E-state index contributed by atoms with van der Waals surface area (Å²) in [6.45, 7) is 5.45. The molecule has 2 aromatic carbocycles. The van der Waals surface area contributed by atoms with Crippen LogP contribution in [0.2, 0.25) is 5.02 Å². The van der Waals surface area contributed by atoms with Gasteiger partial charge in [0.1, 0.15) is 5.75 Å². The molecule has 174 valence electrons. The summed E-state index contributed by atoms with van der Waals surface area (Å²) in [5, 5.41) is 11.3. The predicted molar refractivity (Wildman–Crippen MR) is 127 cm³/mol. The van der Waals surface area contributed by atoms with Gasteiger partial charge < -0.3 is 19.4 Å². The number of piperazine rings is 1. The van der Waals surface area contributed by atoms with Crippen molar-refractivity contribution in [2.75, 3.05) is 51.3 Å². The first-order valence-corrected chi connectivity index (χ1v) is 11.4. The van der Waals surface area contributed by atoms with Crippen molar-refractivity contribution in [2.24, 2.45) is 0 Å². The van der Waals surface area contributed by atoms with Crippen molar-refractivity contribution < 1.29 is 13.9 Å². The highest BCUT2D eigenvalue weighted by atomic mass is 35.5. The third-order valence-electron chi connectivity index (χ3n) is 5.65. The van der Waals surface area contributed by atoms with Crippen molar-refractivity contribution in [3.05, 3.63) is 70.9 Å². The summed E-state index contributed by atoms with van der Waals surface area (Å²) in [4.78, 5) is 17.1. The monoisotopic (exact) mass is 469 g/mol. The number of rotatable bonds is 9. The second-order valence-corrected chi connectivity index (χ2v) is 8.38. The summed E-state index contributed by atoms with van der Waals surface area (Å²) in [6, 6.07) is 15.6. The van der Waals surface area contributed by atoms with Gasteiger partial charge in [-0.3, -0.25) is 9.69 Å². The van der Waals surface area contributed by atoms with Crippen LogP contribution in [0.25, 0.3) is 0 Å². The fraction of sp³-hybridized carbons (Fsp3) is 0.375. The zero-order chi connectivity index (χ0) is 23.0. The molecular formula is C24H28ClN5O3. The molecule has 0 radical (unpaired) electrons. The summed E-state index contributed by atoms with van der Waals surface area (Å²) in [7, 11) is 1.68. The molecule has 0 saturated carbocycles. The van der Waals surface area contributed by atoms with Crippen molar-refractivity contribution in [1.82, 2.24) is 20.4 Å². The quantitative estimate of drug-likeness (QED) is 0.481. The first kappa shape index (κ1) is 23.1. The van der Waals surface area contributed by atoms with Gasteiger partial charge in [0.25, 0.3) is 0 Å². The second-order valence-electron chi connectivity index (χ2n) is 7.94. The Labute approximate surface area is 198 Å². The van der Waals surface area contributed by atoms with Crippen LogP contribution < -0.4 is 15.0 Å². The number of carbonyl (C=O) groups excluding carboxylic acids is 1. The molecule has 9 heteroatoms. The predicted octanol–water partition coefficient (Wildman–Crippen LogP) is 3.26. The highest BCUT2D eigenvalue weighted by Crippen LogP contribution is 2.20. The lowest BCUT2D eigenvalue weighted by atomic mass is 10.1. The second kappa shape index (κ2) is 11.2. The van der Waals surface area contributed by atoms with Crippen LogP contribution in [0.1, 0.15) is 28.6 Å². The van der Waals surface area contributed by atoms with E-state index in [2.05, 4.69) is 37.4 Å². The summed E-state index contributed by atoms with van der Waals surface area (Å²) < 4.78 is 10.7. The molecule has 2 heterocycles. The third-order valence-corrected chi connectivity index (χ3v) is 5.89. The van der Waals surface area contributed by atoms with E-state index in [9.17, 15) is 4.79 Å². The van der Waals surface area contributed by atoms with E-state index >= 15 is 0 Å². The van der Waals surface area contributed by atoms with Gasteiger partial charge in [-0.15, -0.1) is 10.2 Å². The Morgan fingerprint density at radius 1 is 1.12 bits per heavy atom. The number of halogens is 1. The minimum Gasteiger partial charge on any atom is -0.497 e. The number of anilines is 1. The molecular weight excluding hydrogens is 442 g/mol. The van der Waals surface area contributed by atoms with E-state index in [1.807, 2.05) is 30.3 Å². The molecule has 33 heavy (non-hydrogen) atoms. The number of carbonyl (C=O) groups is 1. The molecule has 3 aromatic rings. The lowest BCUT2D eigenvalue weighted by Crippen LogP contribution is -2.47. The largest absolute Gasteiger partial charge is 0.497 e. The summed E-state index contributed by atoms with van der Waals surface area (Å²) in [5.74, 6) is 0.902. The van der Waals surface area contributed by atoms with Crippen LogP contribution in [0.3, 0.4) is 0 Å². The molecule has 1 aromatic heterocycles. The Morgan fingerprint density at radius 3 is 2.64 bits per heavy atom. The summed E-state index contributed by atoms with van der Waals surface area (Å²) in [5.41, 5.74) is 2.17. The van der Waals surface area contributed by atoms with Crippen molar-refractivity contribution in [1.29, 1.82) is 0 Å². The maximum atomic E-state index is 12.3. The van der Waals surface area contributed by atoms with Crippen LogP contribution in [-0.4, -0.2) is 67.4 Å². The minimum absolute atomic E-state index is 0.0138. The SMILES string of the molecule is COc1ccc(N2CCN(CCCNC(=O)c3nnc(Cc4cccc(Cl)c4)o3)CC2)cc1. The maximum Gasteiger partial charge on any atom is 0.308 e. The average Bonchev–Trinajstić information content (AvgIpc) is 3.31. The van der Waals surface area contributed by atoms with Gasteiger partial charge in [-0.05, 0) is 54.9 Å². The van der Waals surface area contributed by atoms with Crippen LogP contribution >= 0.6 is 11.6 Å². The van der Waals surface area contributed by atoms with E-state index in [4.69, 9.17) is 20.8 Å². The normalized spacial score (nSPS) is 14.3. The van der Waals surface area contributed by atoms with Crippen molar-refractivity contribution in [3.8, 4) is 5.75 Å². The van der Waals surface area contributed by atoms with Crippen molar-refractivity contribution >= 4 is 23.2 Å². The topological polar surface area (TPSA) is 83.7 Å². The van der Waals surface area contributed by atoms with E-state index < -0.39 is 0 Å². The molecule has 1 aliphatic heterocycles. The van der Waals surface area contributed by atoms with E-state index in [-0.39, 0.29) is 11.8 Å². The van der Waals surface area contributed by atoms with E-state index in [0.717, 1.165) is 50.5 Å². The smallest absolute Gasteiger partial charge is 0.308 e. The number of methoxy groups -OCH3 is 1. The van der Waals surface area contributed by atoms with Crippen LogP contribution in [0.5, 0.6) is 5.75 Å². The van der Waals surface area contributed by atoms with Crippen LogP contribution in [0.15, 0.2) is 52.9 Å². The molecule has 8 nitrogen and oxygen atoms in total. The Balaban J connectivity index is 1.15. The zero-order valence-electron chi connectivity index (χ0n) is 18.7. The molecule has 0 unspecified atom stereocenters. The number of nitrogens with one attached hydrogen (secondary N) is 1. The third kappa shape index (κ3) is 6.46. The minimum atomic E-state index is -0.343. The Bertz CT molecular complexity index is 1050. The number of hydrogen-bond acceptors (Lipinski definition) is 7. The van der Waals surface area contributed by atoms with Gasteiger partial charge in [0.05, 0.1) is 13.5 Å². The van der Waals surface area contributed by atoms with Crippen LogP contribution in [0.4, 0.5) is 5.69 Å². The van der Waals surface area contributed by atoms with E-state index in [1.165, 1.54) is 5.69 Å². The van der Waals surface area contributed by atoms with Gasteiger partial charge in [0, 0.05) is 43.4 Å². The van der Waals surface area contributed by atoms with Gasteiger partial charge in [-0.1, -0.05) is 23.7 Å². The Hall–Kier alpha value is -3.10. The van der Waals surface area contributed by atoms with Gasteiger partial charge in [0.15, 0.2) is 0 Å². The Kier molecular flexibility index (Phi) is 7.80. The summed E-state index contributed by atoms with van der Waals surface area (Å²) in [6.07, 6.45) is 1.29. The molecule has 1 fully saturated rings. The molecule has 0 atom stereocenters. The molecule has 0 aliphatic carbocycles. The highest BCUT2D eigenvalue weighted by Gasteiger charge is 2.18. The number of amides is 1. The van der Waals surface area contributed by atoms with Gasteiger partial charge in [-0.2, -0.15) is 0 Å². The lowest BCUT2D eigenvalue weighted by molar-refractivity contribution is 0.0915.